The van der Waals surface area contributed by atoms with Crippen molar-refractivity contribution in [3.05, 3.63) is 11.8 Å². The van der Waals surface area contributed by atoms with Crippen molar-refractivity contribution in [3.63, 3.8) is 0 Å². The molecule has 1 aliphatic carbocycles. The molecule has 1 heterocycles. The zero-order chi connectivity index (χ0) is 11.5. The van der Waals surface area contributed by atoms with Gasteiger partial charge in [-0.25, -0.2) is 0 Å². The average Bonchev–Trinajstić information content (AvgIpc) is 2.75. The first-order valence-corrected chi connectivity index (χ1v) is 6.05. The first-order chi connectivity index (χ1) is 7.72. The molecule has 0 spiro atoms. The first kappa shape index (κ1) is 11.2. The van der Waals surface area contributed by atoms with Crippen LogP contribution in [0.2, 0.25) is 0 Å². The highest BCUT2D eigenvalue weighted by molar-refractivity contribution is 6.01. The molecule has 0 bridgehead atoms. The molecule has 4 nitrogen and oxygen atoms in total. The van der Waals surface area contributed by atoms with Gasteiger partial charge in [0.05, 0.1) is 11.8 Å². The predicted molar refractivity (Wildman–Crippen MR) is 63.1 cm³/mol. The van der Waals surface area contributed by atoms with E-state index in [9.17, 15) is 4.79 Å². The molecule has 0 unspecified atom stereocenters. The number of aromatic amines is 1. The highest BCUT2D eigenvalue weighted by Crippen LogP contribution is 2.33. The standard InChI is InChI=1S/C12H19N3O/c1-2-8-3-5-9(6-4-8)11(16)10-7-14-15-12(10)13/h7-9H,2-6H2,1H3,(H3,13,14,15). The van der Waals surface area contributed by atoms with Crippen LogP contribution in [0.3, 0.4) is 0 Å². The van der Waals surface area contributed by atoms with E-state index in [1.165, 1.54) is 19.3 Å². The number of aromatic nitrogens is 2. The SMILES string of the molecule is CCC1CCC(C(=O)c2cn[nH]c2N)CC1. The summed E-state index contributed by atoms with van der Waals surface area (Å²) < 4.78 is 0. The van der Waals surface area contributed by atoms with Crippen molar-refractivity contribution in [3.8, 4) is 0 Å². The minimum Gasteiger partial charge on any atom is -0.383 e. The van der Waals surface area contributed by atoms with E-state index in [1.807, 2.05) is 0 Å². The minimum atomic E-state index is 0.155. The van der Waals surface area contributed by atoms with Crippen molar-refractivity contribution in [1.29, 1.82) is 0 Å². The van der Waals surface area contributed by atoms with Crippen LogP contribution in [-0.2, 0) is 0 Å². The summed E-state index contributed by atoms with van der Waals surface area (Å²) in [5.74, 6) is 1.54. The third kappa shape index (κ3) is 2.10. The van der Waals surface area contributed by atoms with Crippen LogP contribution >= 0.6 is 0 Å². The lowest BCUT2D eigenvalue weighted by Crippen LogP contribution is -2.22. The quantitative estimate of drug-likeness (QED) is 0.770. The van der Waals surface area contributed by atoms with Crippen LogP contribution < -0.4 is 5.73 Å². The van der Waals surface area contributed by atoms with Gasteiger partial charge >= 0.3 is 0 Å². The van der Waals surface area contributed by atoms with Gasteiger partial charge in [0.1, 0.15) is 5.82 Å². The average molecular weight is 221 g/mol. The van der Waals surface area contributed by atoms with Gasteiger partial charge in [-0.3, -0.25) is 9.89 Å². The predicted octanol–water partition coefficient (Wildman–Crippen LogP) is 2.39. The molecule has 2 rings (SSSR count). The smallest absolute Gasteiger partial charge is 0.171 e. The molecule has 1 fully saturated rings. The number of anilines is 1. The fourth-order valence-corrected chi connectivity index (χ4v) is 2.55. The number of nitrogens with two attached hydrogens (primary N) is 1. The zero-order valence-electron chi connectivity index (χ0n) is 9.70. The van der Waals surface area contributed by atoms with Gasteiger partial charge < -0.3 is 5.73 Å². The fraction of sp³-hybridized carbons (Fsp3) is 0.667. The number of Topliss-reactive ketones (excluding diaryl/α,β-unsaturated/α-hetero) is 1. The number of nitrogen functional groups attached to an aromatic ring is 1. The molecule has 0 aromatic carbocycles. The molecule has 1 aromatic heterocycles. The Balaban J connectivity index is 2.00. The largest absolute Gasteiger partial charge is 0.383 e. The Morgan fingerprint density at radius 3 is 2.69 bits per heavy atom. The number of carbonyl (C=O) groups excluding carboxylic acids is 1. The van der Waals surface area contributed by atoms with E-state index in [-0.39, 0.29) is 11.7 Å². The molecule has 0 aliphatic heterocycles. The highest BCUT2D eigenvalue weighted by atomic mass is 16.1. The number of nitrogens with one attached hydrogen (secondary N) is 1. The van der Waals surface area contributed by atoms with E-state index in [0.29, 0.717) is 11.4 Å². The van der Waals surface area contributed by atoms with E-state index in [4.69, 9.17) is 5.73 Å². The monoisotopic (exact) mass is 221 g/mol. The normalized spacial score (nSPS) is 25.6. The molecule has 0 atom stereocenters. The van der Waals surface area contributed by atoms with Gasteiger partial charge in [0.2, 0.25) is 0 Å². The minimum absolute atomic E-state index is 0.155. The van der Waals surface area contributed by atoms with Crippen molar-refractivity contribution < 1.29 is 4.79 Å². The molecule has 16 heavy (non-hydrogen) atoms. The number of nitrogens with zero attached hydrogens (tertiary/aromatic N) is 1. The molecular formula is C12H19N3O. The Morgan fingerprint density at radius 1 is 1.50 bits per heavy atom. The molecule has 88 valence electrons. The number of hydrogen-bond acceptors (Lipinski definition) is 3. The lowest BCUT2D eigenvalue weighted by Gasteiger charge is -2.26. The van der Waals surface area contributed by atoms with Gasteiger partial charge in [0.15, 0.2) is 5.78 Å². The number of hydrogen-bond donors (Lipinski definition) is 2. The van der Waals surface area contributed by atoms with Crippen molar-refractivity contribution in [2.75, 3.05) is 5.73 Å². The summed E-state index contributed by atoms with van der Waals surface area (Å²) in [6, 6.07) is 0. The molecule has 0 amide bonds. The van der Waals surface area contributed by atoms with Crippen molar-refractivity contribution in [2.24, 2.45) is 11.8 Å². The van der Waals surface area contributed by atoms with Crippen LogP contribution in [0.1, 0.15) is 49.4 Å². The Bertz CT molecular complexity index is 364. The maximum absolute atomic E-state index is 12.1. The van der Waals surface area contributed by atoms with Crippen LogP contribution in [0.15, 0.2) is 6.20 Å². The van der Waals surface area contributed by atoms with Gasteiger partial charge in [0, 0.05) is 5.92 Å². The van der Waals surface area contributed by atoms with Gasteiger partial charge in [-0.15, -0.1) is 0 Å². The van der Waals surface area contributed by atoms with Crippen molar-refractivity contribution in [2.45, 2.75) is 39.0 Å². The molecular weight excluding hydrogens is 202 g/mol. The summed E-state index contributed by atoms with van der Waals surface area (Å²) in [5, 5.41) is 6.41. The Morgan fingerprint density at radius 2 is 2.19 bits per heavy atom. The fourth-order valence-electron chi connectivity index (χ4n) is 2.55. The van der Waals surface area contributed by atoms with Crippen molar-refractivity contribution in [1.82, 2.24) is 10.2 Å². The van der Waals surface area contributed by atoms with Crippen LogP contribution in [0.25, 0.3) is 0 Å². The van der Waals surface area contributed by atoms with Crippen LogP contribution in [-0.4, -0.2) is 16.0 Å². The number of rotatable bonds is 3. The van der Waals surface area contributed by atoms with Crippen LogP contribution in [0.4, 0.5) is 5.82 Å². The van der Waals surface area contributed by atoms with Crippen LogP contribution in [0.5, 0.6) is 0 Å². The molecule has 0 radical (unpaired) electrons. The summed E-state index contributed by atoms with van der Waals surface area (Å²) >= 11 is 0. The molecule has 4 heteroatoms. The Labute approximate surface area is 95.6 Å². The van der Waals surface area contributed by atoms with Gasteiger partial charge in [0.25, 0.3) is 0 Å². The lowest BCUT2D eigenvalue weighted by molar-refractivity contribution is 0.0872. The van der Waals surface area contributed by atoms with E-state index >= 15 is 0 Å². The topological polar surface area (TPSA) is 71.8 Å². The maximum atomic E-state index is 12.1. The van der Waals surface area contributed by atoms with Crippen molar-refractivity contribution >= 4 is 11.6 Å². The van der Waals surface area contributed by atoms with E-state index in [1.54, 1.807) is 6.20 Å². The molecule has 1 aliphatic rings. The molecule has 0 saturated heterocycles. The highest BCUT2D eigenvalue weighted by Gasteiger charge is 2.27. The summed E-state index contributed by atoms with van der Waals surface area (Å²) in [6.45, 7) is 2.22. The zero-order valence-corrected chi connectivity index (χ0v) is 9.70. The molecule has 1 saturated carbocycles. The third-order valence-corrected chi connectivity index (χ3v) is 3.73. The number of carbonyl (C=O) groups is 1. The molecule has 1 aromatic rings. The second kappa shape index (κ2) is 4.68. The lowest BCUT2D eigenvalue weighted by atomic mass is 9.78. The first-order valence-electron chi connectivity index (χ1n) is 6.05. The second-order valence-corrected chi connectivity index (χ2v) is 4.69. The Hall–Kier alpha value is -1.32. The second-order valence-electron chi connectivity index (χ2n) is 4.69. The van der Waals surface area contributed by atoms with E-state index in [0.717, 1.165) is 18.8 Å². The van der Waals surface area contributed by atoms with Gasteiger partial charge in [-0.05, 0) is 31.6 Å². The Kier molecular flexibility index (Phi) is 3.27. The van der Waals surface area contributed by atoms with E-state index < -0.39 is 0 Å². The van der Waals surface area contributed by atoms with Crippen LogP contribution in [0, 0.1) is 11.8 Å². The number of ketones is 1. The summed E-state index contributed by atoms with van der Waals surface area (Å²) in [6.07, 6.45) is 7.12. The van der Waals surface area contributed by atoms with Gasteiger partial charge in [-0.1, -0.05) is 13.3 Å². The third-order valence-electron chi connectivity index (χ3n) is 3.73. The molecule has 3 N–H and O–H groups in total. The number of H-pyrrole nitrogens is 1. The van der Waals surface area contributed by atoms with E-state index in [2.05, 4.69) is 17.1 Å². The summed E-state index contributed by atoms with van der Waals surface area (Å²) in [5.41, 5.74) is 6.23. The summed E-state index contributed by atoms with van der Waals surface area (Å²) in [7, 11) is 0. The maximum Gasteiger partial charge on any atom is 0.171 e. The van der Waals surface area contributed by atoms with Gasteiger partial charge in [-0.2, -0.15) is 5.10 Å². The summed E-state index contributed by atoms with van der Waals surface area (Å²) in [4.78, 5) is 12.1.